The Kier molecular flexibility index (Phi) is 1.69. The van der Waals surface area contributed by atoms with E-state index in [1.165, 1.54) is 0 Å². The van der Waals surface area contributed by atoms with E-state index in [4.69, 9.17) is 0 Å². The normalized spacial score (nSPS) is 8.12. The van der Waals surface area contributed by atoms with Crippen molar-refractivity contribution in [3.8, 4) is 0 Å². The molecule has 0 rings (SSSR count). The van der Waals surface area contributed by atoms with Crippen molar-refractivity contribution in [2.45, 2.75) is 0 Å². The van der Waals surface area contributed by atoms with E-state index in [-0.39, 0.29) is 5.12 Å². The van der Waals surface area contributed by atoms with Crippen LogP contribution in [0.25, 0.3) is 0 Å². The first kappa shape index (κ1) is 6.60. The Bertz CT molecular complexity index is 106. The van der Waals surface area contributed by atoms with Gasteiger partial charge in [-0.1, -0.05) is 0 Å². The molecule has 0 radical (unpaired) electrons. The molecule has 0 aromatic carbocycles. The lowest BCUT2D eigenvalue weighted by Gasteiger charge is -1.92. The van der Waals surface area contributed by atoms with Crippen molar-refractivity contribution in [3.63, 3.8) is 0 Å². The minimum Gasteiger partial charge on any atom is -0.230 e. The zero-order valence-corrected chi connectivity index (χ0v) is 3.97. The van der Waals surface area contributed by atoms with Gasteiger partial charge in [-0.25, -0.2) is 20.2 Å². The molecule has 46 valence electrons. The van der Waals surface area contributed by atoms with Gasteiger partial charge in [0, 0.05) is 0 Å². The summed E-state index contributed by atoms with van der Waals surface area (Å²) in [5.41, 5.74) is 0. The molecule has 7 heteroatoms. The van der Waals surface area contributed by atoms with Crippen molar-refractivity contribution in [2.24, 2.45) is 0 Å². The molecule has 0 aromatic rings. The molecule has 0 amide bonds. The van der Waals surface area contributed by atoms with E-state index >= 15 is 0 Å². The molecule has 7 nitrogen and oxygen atoms in total. The van der Waals surface area contributed by atoms with E-state index in [0.29, 0.717) is 0 Å². The van der Waals surface area contributed by atoms with Crippen LogP contribution in [0.1, 0.15) is 0 Å². The van der Waals surface area contributed by atoms with E-state index in [0.717, 1.165) is 7.05 Å². The average Bonchev–Trinajstić information content (AvgIpc) is 1.64. The van der Waals surface area contributed by atoms with Crippen molar-refractivity contribution in [1.82, 2.24) is 5.12 Å². The van der Waals surface area contributed by atoms with Gasteiger partial charge in [-0.15, -0.1) is 0 Å². The first-order chi connectivity index (χ1) is 3.55. The van der Waals surface area contributed by atoms with Gasteiger partial charge in [0.05, 0.1) is 0 Å². The maximum Gasteiger partial charge on any atom is 0.222 e. The van der Waals surface area contributed by atoms with Crippen LogP contribution in [0.3, 0.4) is 0 Å². The lowest BCUT2D eigenvalue weighted by Crippen LogP contribution is -2.30. The maximum atomic E-state index is 9.43. The summed E-state index contributed by atoms with van der Waals surface area (Å²) in [6, 6.07) is 0. The smallest absolute Gasteiger partial charge is 0.222 e. The summed E-state index contributed by atoms with van der Waals surface area (Å²) in [6.07, 6.45) is 0. The van der Waals surface area contributed by atoms with Crippen LogP contribution in [-0.2, 0) is 0 Å². The van der Waals surface area contributed by atoms with Crippen molar-refractivity contribution in [1.29, 1.82) is 0 Å². The predicted molar refractivity (Wildman–Crippen MR) is 21.8 cm³/mol. The molecular weight excluding hydrogens is 118 g/mol. The number of nitrogens with zero attached hydrogens (tertiary/aromatic N) is 3. The Morgan fingerprint density at radius 1 is 1.25 bits per heavy atom. The highest BCUT2D eigenvalue weighted by Crippen LogP contribution is 1.78. The van der Waals surface area contributed by atoms with Gasteiger partial charge in [-0.05, 0) is 0 Å². The number of hydrogen-bond donors (Lipinski definition) is 0. The van der Waals surface area contributed by atoms with E-state index in [1.54, 1.807) is 0 Å². The SMILES string of the molecule is CN([N+](=O)[O-])[N+](=O)[O-]. The van der Waals surface area contributed by atoms with Gasteiger partial charge in [0.15, 0.2) is 5.12 Å². The number of rotatable bonds is 2. The van der Waals surface area contributed by atoms with Crippen LogP contribution in [0, 0.1) is 20.2 Å². The zero-order chi connectivity index (χ0) is 6.73. The second-order valence-electron chi connectivity index (χ2n) is 0.965. The maximum absolute atomic E-state index is 9.43. The van der Waals surface area contributed by atoms with Crippen LogP contribution in [0.15, 0.2) is 0 Å². The quantitative estimate of drug-likeness (QED) is 0.356. The zero-order valence-electron chi connectivity index (χ0n) is 3.97. The Labute approximate surface area is 43.7 Å². The summed E-state index contributed by atoms with van der Waals surface area (Å²) >= 11 is 0. The van der Waals surface area contributed by atoms with Gasteiger partial charge in [-0.2, -0.15) is 0 Å². The summed E-state index contributed by atoms with van der Waals surface area (Å²) in [5.74, 6) is 0. The lowest BCUT2D eigenvalue weighted by atomic mass is 11.4. The average molecular weight is 121 g/mol. The summed E-state index contributed by atoms with van der Waals surface area (Å²) < 4.78 is 0. The molecule has 0 heterocycles. The molecule has 0 atom stereocenters. The van der Waals surface area contributed by atoms with E-state index < -0.39 is 10.1 Å². The Balaban J connectivity index is 3.83. The summed E-state index contributed by atoms with van der Waals surface area (Å²) in [5, 5.41) is 16.4. The van der Waals surface area contributed by atoms with Crippen molar-refractivity contribution in [3.05, 3.63) is 20.2 Å². The molecule has 0 aliphatic rings. The van der Waals surface area contributed by atoms with Crippen LogP contribution in [0.2, 0.25) is 0 Å². The van der Waals surface area contributed by atoms with Crippen LogP contribution in [0.5, 0.6) is 0 Å². The van der Waals surface area contributed by atoms with E-state index in [2.05, 4.69) is 0 Å². The molecule has 0 saturated carbocycles. The fourth-order valence-electron chi connectivity index (χ4n) is 0.0596. The highest BCUT2D eigenvalue weighted by atomic mass is 16.8. The molecule has 0 aromatic heterocycles. The molecule has 0 N–H and O–H groups in total. The van der Waals surface area contributed by atoms with E-state index in [1.807, 2.05) is 0 Å². The second-order valence-corrected chi connectivity index (χ2v) is 0.965. The lowest BCUT2D eigenvalue weighted by molar-refractivity contribution is -0.901. The first-order valence-electron chi connectivity index (χ1n) is 1.58. The molecular formula is CH3N3O4. The van der Waals surface area contributed by atoms with E-state index in [9.17, 15) is 20.2 Å². The third-order valence-electron chi connectivity index (χ3n) is 0.473. The highest BCUT2D eigenvalue weighted by molar-refractivity contribution is 4.02. The largest absolute Gasteiger partial charge is 0.230 e. The summed E-state index contributed by atoms with van der Waals surface area (Å²) in [7, 11) is 0.750. The minimum atomic E-state index is -1.12. The van der Waals surface area contributed by atoms with Gasteiger partial charge in [0.2, 0.25) is 10.1 Å². The van der Waals surface area contributed by atoms with Crippen LogP contribution < -0.4 is 0 Å². The molecule has 0 bridgehead atoms. The fourth-order valence-corrected chi connectivity index (χ4v) is 0.0596. The van der Waals surface area contributed by atoms with Gasteiger partial charge in [0.25, 0.3) is 0 Å². The topological polar surface area (TPSA) is 89.5 Å². The molecule has 0 unspecified atom stereocenters. The van der Waals surface area contributed by atoms with Crippen LogP contribution in [-0.4, -0.2) is 22.2 Å². The summed E-state index contributed by atoms with van der Waals surface area (Å²) in [6.45, 7) is 0. The molecule has 0 fully saturated rings. The van der Waals surface area contributed by atoms with Crippen molar-refractivity contribution in [2.75, 3.05) is 7.05 Å². The molecule has 0 aliphatic heterocycles. The fraction of sp³-hybridized carbons (Fsp3) is 1.00. The second kappa shape index (κ2) is 2.05. The highest BCUT2D eigenvalue weighted by Gasteiger charge is 2.17. The third kappa shape index (κ3) is 1.37. The molecule has 0 aliphatic carbocycles. The van der Waals surface area contributed by atoms with Crippen LogP contribution in [0.4, 0.5) is 0 Å². The third-order valence-corrected chi connectivity index (χ3v) is 0.473. The van der Waals surface area contributed by atoms with Gasteiger partial charge in [0.1, 0.15) is 7.05 Å². The Morgan fingerprint density at radius 3 is 1.50 bits per heavy atom. The van der Waals surface area contributed by atoms with Gasteiger partial charge < -0.3 is 0 Å². The van der Waals surface area contributed by atoms with Crippen molar-refractivity contribution < 1.29 is 10.1 Å². The monoisotopic (exact) mass is 121 g/mol. The number of hydrazine groups is 2. The van der Waals surface area contributed by atoms with Crippen LogP contribution >= 0.6 is 0 Å². The molecule has 8 heavy (non-hydrogen) atoms. The molecule has 0 spiro atoms. The molecule has 0 saturated heterocycles. The van der Waals surface area contributed by atoms with Gasteiger partial charge in [-0.3, -0.25) is 0 Å². The number of nitro groups is 2. The Morgan fingerprint density at radius 2 is 1.50 bits per heavy atom. The Hall–Kier alpha value is -1.40. The number of hydrogen-bond acceptors (Lipinski definition) is 4. The predicted octanol–water partition coefficient (Wildman–Crippen LogP) is -0.698. The first-order valence-corrected chi connectivity index (χ1v) is 1.58. The van der Waals surface area contributed by atoms with Crippen molar-refractivity contribution >= 4 is 0 Å². The van der Waals surface area contributed by atoms with Gasteiger partial charge >= 0.3 is 0 Å². The minimum absolute atomic E-state index is 0.222. The summed E-state index contributed by atoms with van der Waals surface area (Å²) in [4.78, 5) is 18.9. The standard InChI is InChI=1S/CH3N3O4/c1-2(3(5)6)4(7)8/h1H3.